The Kier molecular flexibility index (Phi) is 3.75. The molecule has 1 heterocycles. The molecule has 0 fully saturated rings. The van der Waals surface area contributed by atoms with Crippen molar-refractivity contribution in [2.75, 3.05) is 0 Å². The van der Waals surface area contributed by atoms with Crippen molar-refractivity contribution in [1.29, 1.82) is 0 Å². The molecule has 2 aromatic carbocycles. The van der Waals surface area contributed by atoms with Crippen molar-refractivity contribution >= 4 is 11.9 Å². The molecule has 0 saturated heterocycles. The summed E-state index contributed by atoms with van der Waals surface area (Å²) >= 11 is 0. The number of rotatable bonds is 4. The minimum absolute atomic E-state index is 0.115. The third kappa shape index (κ3) is 2.82. The maximum Gasteiger partial charge on any atom is 0.417 e. The monoisotopic (exact) mass is 325 g/mol. The molecule has 0 unspecified atom stereocenters. The van der Waals surface area contributed by atoms with Crippen LogP contribution in [0.1, 0.15) is 20.7 Å². The maximum atomic E-state index is 11.6. The third-order valence-electron chi connectivity index (χ3n) is 3.46. The Bertz CT molecular complexity index is 886. The third-order valence-corrected chi connectivity index (χ3v) is 3.46. The maximum absolute atomic E-state index is 11.6. The van der Waals surface area contributed by atoms with E-state index in [1.54, 1.807) is 12.1 Å². The minimum Gasteiger partial charge on any atom is -0.478 e. The number of carboxylic acid groups (broad SMARTS) is 2. The van der Waals surface area contributed by atoms with Crippen LogP contribution in [0.15, 0.2) is 57.7 Å². The average molecular weight is 325 g/mol. The van der Waals surface area contributed by atoms with Crippen molar-refractivity contribution in [3.05, 3.63) is 70.2 Å². The van der Waals surface area contributed by atoms with E-state index in [2.05, 4.69) is 4.98 Å². The van der Waals surface area contributed by atoms with E-state index in [0.29, 0.717) is 16.8 Å². The first-order valence-electron chi connectivity index (χ1n) is 6.86. The zero-order chi connectivity index (χ0) is 17.3. The molecule has 3 rings (SSSR count). The van der Waals surface area contributed by atoms with Crippen molar-refractivity contribution in [2.24, 2.45) is 0 Å². The summed E-state index contributed by atoms with van der Waals surface area (Å²) in [7, 11) is 0. The normalized spacial score (nSPS) is 10.5. The molecule has 120 valence electrons. The SMILES string of the molecule is O=C(O)c1ccc(-c2[nH]c(=O)oc2-c2ccc(C(=O)O)cc2)cc1. The molecule has 3 aromatic rings. The molecule has 7 nitrogen and oxygen atoms in total. The summed E-state index contributed by atoms with van der Waals surface area (Å²) in [4.78, 5) is 36.0. The molecule has 24 heavy (non-hydrogen) atoms. The second-order valence-electron chi connectivity index (χ2n) is 4.98. The van der Waals surface area contributed by atoms with E-state index in [9.17, 15) is 14.4 Å². The van der Waals surface area contributed by atoms with E-state index in [0.717, 1.165) is 0 Å². The van der Waals surface area contributed by atoms with Gasteiger partial charge in [0.2, 0.25) is 0 Å². The van der Waals surface area contributed by atoms with Gasteiger partial charge in [-0.1, -0.05) is 24.3 Å². The van der Waals surface area contributed by atoms with Crippen LogP contribution in [-0.4, -0.2) is 27.1 Å². The number of nitrogens with one attached hydrogen (secondary N) is 1. The van der Waals surface area contributed by atoms with Crippen molar-refractivity contribution in [3.63, 3.8) is 0 Å². The lowest BCUT2D eigenvalue weighted by atomic mass is 10.0. The van der Waals surface area contributed by atoms with Gasteiger partial charge in [0.15, 0.2) is 5.76 Å². The van der Waals surface area contributed by atoms with Gasteiger partial charge in [-0.3, -0.25) is 4.98 Å². The molecular weight excluding hydrogens is 314 g/mol. The molecule has 0 amide bonds. The van der Waals surface area contributed by atoms with Gasteiger partial charge in [0, 0.05) is 11.1 Å². The average Bonchev–Trinajstić information content (AvgIpc) is 2.97. The fourth-order valence-corrected chi connectivity index (χ4v) is 2.28. The van der Waals surface area contributed by atoms with Gasteiger partial charge in [-0.05, 0) is 24.3 Å². The number of carboxylic acids is 2. The van der Waals surface area contributed by atoms with Gasteiger partial charge in [-0.2, -0.15) is 0 Å². The van der Waals surface area contributed by atoms with Crippen molar-refractivity contribution < 1.29 is 24.2 Å². The summed E-state index contributed by atoms with van der Waals surface area (Å²) in [6.45, 7) is 0. The summed E-state index contributed by atoms with van der Waals surface area (Å²) in [5.74, 6) is -2.52. The number of carbonyl (C=O) groups is 2. The molecule has 0 spiro atoms. The summed E-state index contributed by atoms with van der Waals surface area (Å²) < 4.78 is 5.16. The minimum atomic E-state index is -1.05. The first-order chi connectivity index (χ1) is 11.5. The zero-order valence-electron chi connectivity index (χ0n) is 12.1. The summed E-state index contributed by atoms with van der Waals surface area (Å²) in [6.07, 6.45) is 0. The van der Waals surface area contributed by atoms with Crippen LogP contribution >= 0.6 is 0 Å². The predicted molar refractivity (Wildman–Crippen MR) is 84.1 cm³/mol. The van der Waals surface area contributed by atoms with E-state index in [-0.39, 0.29) is 16.9 Å². The van der Waals surface area contributed by atoms with Gasteiger partial charge < -0.3 is 14.6 Å². The molecule has 7 heteroatoms. The molecule has 0 bridgehead atoms. The van der Waals surface area contributed by atoms with Gasteiger partial charge >= 0.3 is 17.7 Å². The molecule has 3 N–H and O–H groups in total. The Balaban J connectivity index is 2.06. The van der Waals surface area contributed by atoms with Crippen LogP contribution in [0, 0.1) is 0 Å². The van der Waals surface area contributed by atoms with Crippen LogP contribution in [0.3, 0.4) is 0 Å². The Hall–Kier alpha value is -3.61. The highest BCUT2D eigenvalue weighted by molar-refractivity contribution is 5.89. The van der Waals surface area contributed by atoms with Gasteiger partial charge in [-0.15, -0.1) is 0 Å². The van der Waals surface area contributed by atoms with Crippen LogP contribution in [0.2, 0.25) is 0 Å². The van der Waals surface area contributed by atoms with Gasteiger partial charge in [0.25, 0.3) is 0 Å². The number of aromatic amines is 1. The predicted octanol–water partition coefficient (Wildman–Crippen LogP) is 2.70. The highest BCUT2D eigenvalue weighted by Crippen LogP contribution is 2.30. The van der Waals surface area contributed by atoms with E-state index in [1.165, 1.54) is 36.4 Å². The van der Waals surface area contributed by atoms with Crippen molar-refractivity contribution in [3.8, 4) is 22.6 Å². The Morgan fingerprint density at radius 3 is 1.71 bits per heavy atom. The molecular formula is C17H11NO6. The number of benzene rings is 2. The van der Waals surface area contributed by atoms with Gasteiger partial charge in [-0.25, -0.2) is 14.4 Å². The second-order valence-corrected chi connectivity index (χ2v) is 4.98. The fourth-order valence-electron chi connectivity index (χ4n) is 2.28. The summed E-state index contributed by atoms with van der Waals surface area (Å²) in [5, 5.41) is 17.9. The molecule has 0 saturated carbocycles. The number of H-pyrrole nitrogens is 1. The second kappa shape index (κ2) is 5.88. The summed E-state index contributed by atoms with van der Waals surface area (Å²) in [6, 6.07) is 11.8. The van der Waals surface area contributed by atoms with Gasteiger partial charge in [0.1, 0.15) is 0 Å². The van der Waals surface area contributed by atoms with E-state index >= 15 is 0 Å². The first kappa shape index (κ1) is 15.3. The highest BCUT2D eigenvalue weighted by Gasteiger charge is 2.15. The molecule has 0 atom stereocenters. The van der Waals surface area contributed by atoms with Crippen molar-refractivity contribution in [2.45, 2.75) is 0 Å². The smallest absolute Gasteiger partial charge is 0.417 e. The quantitative estimate of drug-likeness (QED) is 0.678. The molecule has 0 aliphatic rings. The first-order valence-corrected chi connectivity index (χ1v) is 6.86. The van der Waals surface area contributed by atoms with Crippen molar-refractivity contribution in [1.82, 2.24) is 4.98 Å². The van der Waals surface area contributed by atoms with Crippen LogP contribution in [0.5, 0.6) is 0 Å². The Labute approximate surface area is 134 Å². The fraction of sp³-hybridized carbons (Fsp3) is 0. The molecule has 0 aliphatic heterocycles. The largest absolute Gasteiger partial charge is 0.478 e. The Morgan fingerprint density at radius 2 is 1.25 bits per heavy atom. The lowest BCUT2D eigenvalue weighted by Gasteiger charge is -2.03. The number of oxazole rings is 1. The molecule has 0 aliphatic carbocycles. The van der Waals surface area contributed by atoms with E-state index in [4.69, 9.17) is 14.6 Å². The summed E-state index contributed by atoms with van der Waals surface area (Å²) in [5.41, 5.74) is 1.72. The number of hydrogen-bond acceptors (Lipinski definition) is 4. The topological polar surface area (TPSA) is 121 Å². The lowest BCUT2D eigenvalue weighted by Crippen LogP contribution is -1.96. The number of hydrogen-bond donors (Lipinski definition) is 3. The van der Waals surface area contributed by atoms with E-state index < -0.39 is 17.7 Å². The van der Waals surface area contributed by atoms with Crippen LogP contribution < -0.4 is 5.76 Å². The number of aromatic carboxylic acids is 2. The van der Waals surface area contributed by atoms with Crippen LogP contribution in [0.25, 0.3) is 22.6 Å². The molecule has 0 radical (unpaired) electrons. The zero-order valence-corrected chi connectivity index (χ0v) is 12.1. The molecule has 1 aromatic heterocycles. The van der Waals surface area contributed by atoms with Crippen LogP contribution in [0.4, 0.5) is 0 Å². The Morgan fingerprint density at radius 1 is 0.792 bits per heavy atom. The van der Waals surface area contributed by atoms with E-state index in [1.807, 2.05) is 0 Å². The van der Waals surface area contributed by atoms with Crippen LogP contribution in [-0.2, 0) is 0 Å². The lowest BCUT2D eigenvalue weighted by molar-refractivity contribution is 0.0686. The standard InChI is InChI=1S/C17H11NO6/c19-15(20)11-5-1-9(2-6-11)13-14(24-17(23)18-13)10-3-7-12(8-4-10)16(21)22/h1-8H,(H,18,23)(H,19,20)(H,21,22). The highest BCUT2D eigenvalue weighted by atomic mass is 16.4. The van der Waals surface area contributed by atoms with Gasteiger partial charge in [0.05, 0.1) is 16.8 Å². The number of aromatic nitrogens is 1.